The molecule has 0 aromatic heterocycles. The van der Waals surface area contributed by atoms with Crippen LogP contribution in [0.15, 0.2) is 4.99 Å². The van der Waals surface area contributed by atoms with Crippen LogP contribution in [0.2, 0.25) is 0 Å². The molecule has 0 aliphatic rings. The molecule has 1 atom stereocenters. The minimum atomic E-state index is 0.474. The molecule has 0 saturated heterocycles. The summed E-state index contributed by atoms with van der Waals surface area (Å²) in [6.45, 7) is 7.28. The summed E-state index contributed by atoms with van der Waals surface area (Å²) in [5.41, 5.74) is 6.83. The molecule has 0 aromatic rings. The lowest BCUT2D eigenvalue weighted by Gasteiger charge is -2.11. The molecule has 13 heavy (non-hydrogen) atoms. The van der Waals surface area contributed by atoms with E-state index in [1.165, 1.54) is 25.0 Å². The molecule has 0 radical (unpaired) electrons. The summed E-state index contributed by atoms with van der Waals surface area (Å²) in [6, 6.07) is 0.474. The highest BCUT2D eigenvalue weighted by atomic mass is 14.8. The zero-order valence-corrected chi connectivity index (χ0v) is 9.34. The van der Waals surface area contributed by atoms with Crippen molar-refractivity contribution >= 4 is 5.71 Å². The fraction of sp³-hybridized carbons (Fsp3) is 0.909. The second-order valence-corrected chi connectivity index (χ2v) is 3.63. The summed E-state index contributed by atoms with van der Waals surface area (Å²) in [5, 5.41) is 0. The lowest BCUT2D eigenvalue weighted by Crippen LogP contribution is -2.13. The normalized spacial score (nSPS) is 14.6. The summed E-state index contributed by atoms with van der Waals surface area (Å²) in [5.74, 6) is 0. The molecule has 0 fully saturated rings. The Balaban J connectivity index is 3.96. The van der Waals surface area contributed by atoms with E-state index in [4.69, 9.17) is 5.73 Å². The largest absolute Gasteiger partial charge is 0.330 e. The summed E-state index contributed by atoms with van der Waals surface area (Å²) < 4.78 is 0. The van der Waals surface area contributed by atoms with E-state index in [1.807, 2.05) is 0 Å². The van der Waals surface area contributed by atoms with Gasteiger partial charge in [0.15, 0.2) is 0 Å². The van der Waals surface area contributed by atoms with Crippen LogP contribution >= 0.6 is 0 Å². The van der Waals surface area contributed by atoms with Crippen LogP contribution in [0.25, 0.3) is 0 Å². The van der Waals surface area contributed by atoms with Gasteiger partial charge in [-0.15, -0.1) is 0 Å². The van der Waals surface area contributed by atoms with Crippen molar-refractivity contribution in [3.8, 4) is 0 Å². The molecule has 0 heterocycles. The zero-order valence-electron chi connectivity index (χ0n) is 9.34. The first-order valence-electron chi connectivity index (χ1n) is 5.47. The van der Waals surface area contributed by atoms with Crippen molar-refractivity contribution in [2.75, 3.05) is 6.54 Å². The van der Waals surface area contributed by atoms with E-state index in [1.54, 1.807) is 0 Å². The van der Waals surface area contributed by atoms with Gasteiger partial charge in [0.2, 0.25) is 0 Å². The van der Waals surface area contributed by atoms with E-state index >= 15 is 0 Å². The summed E-state index contributed by atoms with van der Waals surface area (Å²) in [6.07, 6.45) is 5.74. The van der Waals surface area contributed by atoms with Gasteiger partial charge < -0.3 is 5.73 Å². The third-order valence-corrected chi connectivity index (χ3v) is 2.14. The number of aliphatic imine (C=N–C) groups is 1. The monoisotopic (exact) mass is 184 g/mol. The van der Waals surface area contributed by atoms with Crippen molar-refractivity contribution in [1.82, 2.24) is 0 Å². The Bertz CT molecular complexity index is 135. The molecule has 0 aliphatic carbocycles. The van der Waals surface area contributed by atoms with Crippen LogP contribution in [0, 0.1) is 0 Å². The molecular weight excluding hydrogens is 160 g/mol. The van der Waals surface area contributed by atoms with Crippen molar-refractivity contribution in [3.63, 3.8) is 0 Å². The van der Waals surface area contributed by atoms with Crippen LogP contribution in [0.3, 0.4) is 0 Å². The van der Waals surface area contributed by atoms with Gasteiger partial charge >= 0.3 is 0 Å². The van der Waals surface area contributed by atoms with Gasteiger partial charge in [-0.05, 0) is 32.7 Å². The van der Waals surface area contributed by atoms with Crippen molar-refractivity contribution in [1.29, 1.82) is 0 Å². The van der Waals surface area contributed by atoms with Crippen LogP contribution in [0.1, 0.15) is 52.9 Å². The first kappa shape index (κ1) is 12.6. The molecule has 2 N–H and O–H groups in total. The maximum Gasteiger partial charge on any atom is 0.0510 e. The van der Waals surface area contributed by atoms with Gasteiger partial charge in [-0.3, -0.25) is 4.99 Å². The van der Waals surface area contributed by atoms with E-state index < -0.39 is 0 Å². The molecule has 1 unspecified atom stereocenters. The maximum absolute atomic E-state index is 5.54. The number of hydrogen-bond donors (Lipinski definition) is 1. The third kappa shape index (κ3) is 6.76. The van der Waals surface area contributed by atoms with Gasteiger partial charge in [0, 0.05) is 5.71 Å². The Morgan fingerprint density at radius 3 is 2.38 bits per heavy atom. The third-order valence-electron chi connectivity index (χ3n) is 2.14. The van der Waals surface area contributed by atoms with Gasteiger partial charge in [-0.1, -0.05) is 26.7 Å². The molecule has 78 valence electrons. The molecule has 0 bridgehead atoms. The number of nitrogens with zero attached hydrogens (tertiary/aromatic N) is 1. The smallest absolute Gasteiger partial charge is 0.0510 e. The van der Waals surface area contributed by atoms with Crippen molar-refractivity contribution < 1.29 is 0 Å². The topological polar surface area (TPSA) is 38.4 Å². The Morgan fingerprint density at radius 1 is 1.23 bits per heavy atom. The summed E-state index contributed by atoms with van der Waals surface area (Å²) in [4.78, 5) is 4.68. The fourth-order valence-corrected chi connectivity index (χ4v) is 1.54. The van der Waals surface area contributed by atoms with E-state index in [0.717, 1.165) is 19.4 Å². The van der Waals surface area contributed by atoms with Crippen molar-refractivity contribution in [2.45, 2.75) is 58.9 Å². The molecule has 0 aliphatic heterocycles. The van der Waals surface area contributed by atoms with E-state index in [0.29, 0.717) is 6.04 Å². The van der Waals surface area contributed by atoms with Crippen molar-refractivity contribution in [3.05, 3.63) is 0 Å². The van der Waals surface area contributed by atoms with E-state index in [9.17, 15) is 0 Å². The minimum absolute atomic E-state index is 0.474. The number of hydrogen-bond acceptors (Lipinski definition) is 2. The number of rotatable bonds is 7. The first-order valence-corrected chi connectivity index (χ1v) is 5.47. The van der Waals surface area contributed by atoms with Crippen LogP contribution in [-0.4, -0.2) is 18.3 Å². The second kappa shape index (κ2) is 8.24. The van der Waals surface area contributed by atoms with Crippen LogP contribution in [0.5, 0.6) is 0 Å². The SMILES string of the molecule is CCCC(C)=NC(CCC)CCN. The van der Waals surface area contributed by atoms with Crippen molar-refractivity contribution in [2.24, 2.45) is 10.7 Å². The zero-order chi connectivity index (χ0) is 10.1. The molecule has 0 amide bonds. The van der Waals surface area contributed by atoms with Crippen LogP contribution < -0.4 is 5.73 Å². The lowest BCUT2D eigenvalue weighted by molar-refractivity contribution is 0.568. The summed E-state index contributed by atoms with van der Waals surface area (Å²) >= 11 is 0. The van der Waals surface area contributed by atoms with Crippen LogP contribution in [-0.2, 0) is 0 Å². The quantitative estimate of drug-likeness (QED) is 0.607. The van der Waals surface area contributed by atoms with E-state index in [-0.39, 0.29) is 0 Å². The highest BCUT2D eigenvalue weighted by Gasteiger charge is 2.04. The molecule has 0 saturated carbocycles. The van der Waals surface area contributed by atoms with E-state index in [2.05, 4.69) is 25.8 Å². The fourth-order valence-electron chi connectivity index (χ4n) is 1.54. The lowest BCUT2D eigenvalue weighted by atomic mass is 10.1. The van der Waals surface area contributed by atoms with Gasteiger partial charge in [0.1, 0.15) is 0 Å². The molecular formula is C11H24N2. The number of nitrogens with two attached hydrogens (primary N) is 1. The average Bonchev–Trinajstić information content (AvgIpc) is 2.05. The van der Waals surface area contributed by atoms with Gasteiger partial charge in [0.25, 0.3) is 0 Å². The van der Waals surface area contributed by atoms with Crippen LogP contribution in [0.4, 0.5) is 0 Å². The standard InChI is InChI=1S/C11H24N2/c1-4-6-10(3)13-11(7-5-2)8-9-12/h11H,4-9,12H2,1-3H3. The maximum atomic E-state index is 5.54. The van der Waals surface area contributed by atoms with Gasteiger partial charge in [0.05, 0.1) is 6.04 Å². The van der Waals surface area contributed by atoms with Gasteiger partial charge in [-0.2, -0.15) is 0 Å². The average molecular weight is 184 g/mol. The Morgan fingerprint density at radius 2 is 1.92 bits per heavy atom. The highest BCUT2D eigenvalue weighted by Crippen LogP contribution is 2.07. The summed E-state index contributed by atoms with van der Waals surface area (Å²) in [7, 11) is 0. The first-order chi connectivity index (χ1) is 6.24. The Kier molecular flexibility index (Phi) is 8.00. The minimum Gasteiger partial charge on any atom is -0.330 e. The molecule has 2 nitrogen and oxygen atoms in total. The molecule has 0 spiro atoms. The Hall–Kier alpha value is -0.370. The van der Waals surface area contributed by atoms with Gasteiger partial charge in [-0.25, -0.2) is 0 Å². The predicted molar refractivity (Wildman–Crippen MR) is 60.4 cm³/mol. The molecule has 2 heteroatoms. The second-order valence-electron chi connectivity index (χ2n) is 3.63. The Labute approximate surface area is 82.6 Å². The molecule has 0 aromatic carbocycles. The highest BCUT2D eigenvalue weighted by molar-refractivity contribution is 5.81. The predicted octanol–water partition coefficient (Wildman–Crippen LogP) is 2.76. The molecule has 0 rings (SSSR count).